The van der Waals surface area contributed by atoms with Crippen molar-refractivity contribution in [3.63, 3.8) is 0 Å². The van der Waals surface area contributed by atoms with E-state index in [0.717, 1.165) is 38.1 Å². The fraction of sp³-hybridized carbons (Fsp3) is 0.412. The highest BCUT2D eigenvalue weighted by molar-refractivity contribution is 5.98. The minimum atomic E-state index is -0.982. The van der Waals surface area contributed by atoms with Crippen LogP contribution in [0.25, 0.3) is 10.9 Å². The lowest BCUT2D eigenvalue weighted by Crippen LogP contribution is -2.45. The van der Waals surface area contributed by atoms with Crippen molar-refractivity contribution in [1.29, 1.82) is 0 Å². The normalized spacial score (nSPS) is 15.4. The molecule has 0 aliphatic carbocycles. The van der Waals surface area contributed by atoms with Gasteiger partial charge in [-0.25, -0.2) is 9.78 Å². The zero-order valence-electron chi connectivity index (χ0n) is 13.7. The number of nitrogens with zero attached hydrogens (tertiary/aromatic N) is 2. The Morgan fingerprint density at radius 1 is 1.38 bits per heavy atom. The van der Waals surface area contributed by atoms with Crippen LogP contribution in [0.4, 0.5) is 5.82 Å². The number of aromatic carboxylic acids is 1. The summed E-state index contributed by atoms with van der Waals surface area (Å²) in [5.41, 5.74) is 0.900. The minimum Gasteiger partial charge on any atom is -0.497 e. The largest absolute Gasteiger partial charge is 0.497 e. The molecule has 128 valence electrons. The van der Waals surface area contributed by atoms with Gasteiger partial charge in [0.15, 0.2) is 0 Å². The van der Waals surface area contributed by atoms with Crippen molar-refractivity contribution < 1.29 is 14.6 Å². The molecule has 0 spiro atoms. The molecule has 7 heteroatoms. The van der Waals surface area contributed by atoms with Crippen molar-refractivity contribution in [2.45, 2.75) is 0 Å². The monoisotopic (exact) mass is 330 g/mol. The highest BCUT2D eigenvalue weighted by Gasteiger charge is 2.15. The third kappa shape index (κ3) is 3.74. The molecule has 1 aliphatic rings. The van der Waals surface area contributed by atoms with E-state index in [0.29, 0.717) is 23.6 Å². The number of rotatable bonds is 6. The number of piperazine rings is 1. The summed E-state index contributed by atoms with van der Waals surface area (Å²) in [4.78, 5) is 18.4. The number of pyridine rings is 1. The van der Waals surface area contributed by atoms with Crippen LogP contribution in [0.3, 0.4) is 0 Å². The van der Waals surface area contributed by atoms with Crippen molar-refractivity contribution in [3.8, 4) is 5.75 Å². The average Bonchev–Trinajstić information content (AvgIpc) is 2.61. The summed E-state index contributed by atoms with van der Waals surface area (Å²) >= 11 is 0. The number of benzene rings is 1. The SMILES string of the molecule is COc1ccc2cc(C(=O)O)c(NCCN3CCNCC3)nc2c1. The third-order valence-corrected chi connectivity index (χ3v) is 4.19. The van der Waals surface area contributed by atoms with Gasteiger partial charge in [-0.2, -0.15) is 0 Å². The highest BCUT2D eigenvalue weighted by Crippen LogP contribution is 2.24. The fourth-order valence-electron chi connectivity index (χ4n) is 2.84. The average molecular weight is 330 g/mol. The summed E-state index contributed by atoms with van der Waals surface area (Å²) in [6.07, 6.45) is 0. The van der Waals surface area contributed by atoms with Crippen LogP contribution in [-0.2, 0) is 0 Å². The van der Waals surface area contributed by atoms with Gasteiger partial charge in [0.2, 0.25) is 0 Å². The molecule has 3 rings (SSSR count). The van der Waals surface area contributed by atoms with Gasteiger partial charge in [-0.05, 0) is 18.2 Å². The molecule has 1 saturated heterocycles. The number of anilines is 1. The van der Waals surface area contributed by atoms with Crippen molar-refractivity contribution in [2.75, 3.05) is 51.7 Å². The first kappa shape index (κ1) is 16.5. The van der Waals surface area contributed by atoms with Crippen LogP contribution < -0.4 is 15.4 Å². The second kappa shape index (κ2) is 7.46. The Kier molecular flexibility index (Phi) is 5.12. The molecule has 1 aromatic carbocycles. The molecule has 0 radical (unpaired) electrons. The van der Waals surface area contributed by atoms with E-state index in [1.807, 2.05) is 12.1 Å². The third-order valence-electron chi connectivity index (χ3n) is 4.19. The Morgan fingerprint density at radius 2 is 2.17 bits per heavy atom. The van der Waals surface area contributed by atoms with Gasteiger partial charge < -0.3 is 20.5 Å². The molecule has 0 bridgehead atoms. The second-order valence-electron chi connectivity index (χ2n) is 5.77. The van der Waals surface area contributed by atoms with Crippen molar-refractivity contribution in [3.05, 3.63) is 29.8 Å². The molecule has 3 N–H and O–H groups in total. The quantitative estimate of drug-likeness (QED) is 0.735. The van der Waals surface area contributed by atoms with Crippen molar-refractivity contribution in [1.82, 2.24) is 15.2 Å². The molecule has 2 aromatic rings. The van der Waals surface area contributed by atoms with Gasteiger partial charge >= 0.3 is 5.97 Å². The molecule has 0 saturated carbocycles. The molecular formula is C17H22N4O3. The highest BCUT2D eigenvalue weighted by atomic mass is 16.5. The van der Waals surface area contributed by atoms with E-state index < -0.39 is 5.97 Å². The number of carboxylic acids is 1. The standard InChI is InChI=1S/C17H22N4O3/c1-24-13-3-2-12-10-14(17(22)23)16(20-15(12)11-13)19-6-9-21-7-4-18-5-8-21/h2-3,10-11,18H,4-9H2,1H3,(H,19,20)(H,22,23). The van der Waals surface area contributed by atoms with Crippen LogP contribution in [0, 0.1) is 0 Å². The topological polar surface area (TPSA) is 86.7 Å². The summed E-state index contributed by atoms with van der Waals surface area (Å²) in [5.74, 6) is 0.119. The molecule has 0 atom stereocenters. The summed E-state index contributed by atoms with van der Waals surface area (Å²) in [7, 11) is 1.60. The first-order valence-electron chi connectivity index (χ1n) is 8.06. The Bertz CT molecular complexity index is 729. The number of ether oxygens (including phenoxy) is 1. The number of hydrogen-bond acceptors (Lipinski definition) is 6. The smallest absolute Gasteiger partial charge is 0.339 e. The van der Waals surface area contributed by atoms with Crippen LogP contribution in [-0.4, -0.2) is 67.3 Å². The summed E-state index contributed by atoms with van der Waals surface area (Å²) in [6.45, 7) is 5.52. The Morgan fingerprint density at radius 3 is 2.88 bits per heavy atom. The lowest BCUT2D eigenvalue weighted by Gasteiger charge is -2.27. The first-order chi connectivity index (χ1) is 11.7. The molecule has 1 fully saturated rings. The first-order valence-corrected chi connectivity index (χ1v) is 8.06. The number of carboxylic acid groups (broad SMARTS) is 1. The van der Waals surface area contributed by atoms with Gasteiger partial charge in [0.05, 0.1) is 12.6 Å². The zero-order valence-corrected chi connectivity index (χ0v) is 13.7. The van der Waals surface area contributed by atoms with Crippen LogP contribution in [0.1, 0.15) is 10.4 Å². The van der Waals surface area contributed by atoms with Crippen LogP contribution in [0.5, 0.6) is 5.75 Å². The van der Waals surface area contributed by atoms with E-state index in [2.05, 4.69) is 20.5 Å². The molecule has 1 aromatic heterocycles. The van der Waals surface area contributed by atoms with E-state index in [4.69, 9.17) is 4.74 Å². The molecule has 7 nitrogen and oxygen atoms in total. The van der Waals surface area contributed by atoms with E-state index in [9.17, 15) is 9.90 Å². The fourth-order valence-corrected chi connectivity index (χ4v) is 2.84. The Hall–Kier alpha value is -2.38. The second-order valence-corrected chi connectivity index (χ2v) is 5.77. The van der Waals surface area contributed by atoms with Gasteiger partial charge in [-0.3, -0.25) is 4.90 Å². The number of fused-ring (bicyclic) bond motifs is 1. The maximum atomic E-state index is 11.5. The lowest BCUT2D eigenvalue weighted by atomic mass is 10.1. The number of carbonyl (C=O) groups is 1. The number of nitrogens with one attached hydrogen (secondary N) is 2. The molecule has 1 aliphatic heterocycles. The van der Waals surface area contributed by atoms with Crippen LogP contribution >= 0.6 is 0 Å². The predicted molar refractivity (Wildman–Crippen MR) is 93.1 cm³/mol. The van der Waals surface area contributed by atoms with Crippen molar-refractivity contribution in [2.24, 2.45) is 0 Å². The van der Waals surface area contributed by atoms with E-state index in [1.165, 1.54) is 0 Å². The van der Waals surface area contributed by atoms with Gasteiger partial charge in [-0.15, -0.1) is 0 Å². The van der Waals surface area contributed by atoms with Crippen LogP contribution in [0.15, 0.2) is 24.3 Å². The predicted octanol–water partition coefficient (Wildman–Crippen LogP) is 1.26. The maximum absolute atomic E-state index is 11.5. The van der Waals surface area contributed by atoms with Gasteiger partial charge in [0.25, 0.3) is 0 Å². The molecule has 0 amide bonds. The van der Waals surface area contributed by atoms with E-state index in [1.54, 1.807) is 19.2 Å². The van der Waals surface area contributed by atoms with E-state index >= 15 is 0 Å². The lowest BCUT2D eigenvalue weighted by molar-refractivity contribution is 0.0697. The molecular weight excluding hydrogens is 308 g/mol. The number of methoxy groups -OCH3 is 1. The van der Waals surface area contributed by atoms with Crippen molar-refractivity contribution >= 4 is 22.7 Å². The summed E-state index contributed by atoms with van der Waals surface area (Å²) in [6, 6.07) is 7.07. The Labute approximate surface area is 140 Å². The minimum absolute atomic E-state index is 0.188. The molecule has 2 heterocycles. The van der Waals surface area contributed by atoms with Crippen LogP contribution in [0.2, 0.25) is 0 Å². The summed E-state index contributed by atoms with van der Waals surface area (Å²) in [5, 5.41) is 16.7. The zero-order chi connectivity index (χ0) is 16.9. The van der Waals surface area contributed by atoms with E-state index in [-0.39, 0.29) is 5.56 Å². The Balaban J connectivity index is 1.78. The number of aromatic nitrogens is 1. The number of hydrogen-bond donors (Lipinski definition) is 3. The summed E-state index contributed by atoms with van der Waals surface area (Å²) < 4.78 is 5.21. The maximum Gasteiger partial charge on any atom is 0.339 e. The molecule has 24 heavy (non-hydrogen) atoms. The van der Waals surface area contributed by atoms with Gasteiger partial charge in [0.1, 0.15) is 17.1 Å². The van der Waals surface area contributed by atoms with Gasteiger partial charge in [0, 0.05) is 50.7 Å². The molecule has 0 unspecified atom stereocenters. The van der Waals surface area contributed by atoms with Gasteiger partial charge in [-0.1, -0.05) is 0 Å².